The summed E-state index contributed by atoms with van der Waals surface area (Å²) in [6.07, 6.45) is 8.74. The summed E-state index contributed by atoms with van der Waals surface area (Å²) in [6.45, 7) is 6.43. The van der Waals surface area contributed by atoms with Crippen LogP contribution in [0.15, 0.2) is 91.5 Å². The molecule has 0 amide bonds. The Morgan fingerprint density at radius 2 is 1.78 bits per heavy atom. The highest BCUT2D eigenvalue weighted by molar-refractivity contribution is 6.01. The summed E-state index contributed by atoms with van der Waals surface area (Å²) >= 11 is 0. The molecule has 0 spiro atoms. The molecule has 4 N–H and O–H groups in total. The number of piperidine rings is 1. The molecule has 8 heteroatoms. The molecule has 5 heterocycles. The summed E-state index contributed by atoms with van der Waals surface area (Å²) < 4.78 is 14.6. The Morgan fingerprint density at radius 1 is 0.927 bits per heavy atom. The fraction of sp³-hybridized carbons (Fsp3) is 0.182. The van der Waals surface area contributed by atoms with Gasteiger partial charge in [-0.1, -0.05) is 24.8 Å². The quantitative estimate of drug-likeness (QED) is 0.170. The average molecular weight is 544 g/mol. The topological polar surface area (TPSA) is 94.3 Å². The van der Waals surface area contributed by atoms with Gasteiger partial charge >= 0.3 is 0 Å². The van der Waals surface area contributed by atoms with E-state index >= 15 is 0 Å². The molecule has 0 radical (unpaired) electrons. The van der Waals surface area contributed by atoms with Crippen molar-refractivity contribution in [1.29, 1.82) is 0 Å². The molecule has 0 atom stereocenters. The summed E-state index contributed by atoms with van der Waals surface area (Å²) in [5.41, 5.74) is 8.46. The lowest BCUT2D eigenvalue weighted by Crippen LogP contribution is -2.28. The lowest BCUT2D eigenvalue weighted by atomic mass is 9.93. The van der Waals surface area contributed by atoms with E-state index in [9.17, 15) is 4.39 Å². The Balaban J connectivity index is 1.20. The third-order valence-corrected chi connectivity index (χ3v) is 7.88. The molecule has 2 aromatic carbocycles. The van der Waals surface area contributed by atoms with E-state index in [2.05, 4.69) is 60.6 Å². The van der Waals surface area contributed by atoms with Crippen molar-refractivity contribution in [3.05, 3.63) is 97.3 Å². The Hall–Kier alpha value is -4.82. The number of nitrogens with zero attached hydrogens (tertiary/aromatic N) is 3. The molecule has 0 saturated carbocycles. The molecule has 6 aromatic rings. The summed E-state index contributed by atoms with van der Waals surface area (Å²) in [5, 5.41) is 16.5. The van der Waals surface area contributed by atoms with Crippen molar-refractivity contribution >= 4 is 27.5 Å². The number of anilines is 1. The van der Waals surface area contributed by atoms with Gasteiger partial charge in [-0.25, -0.2) is 4.39 Å². The van der Waals surface area contributed by atoms with Gasteiger partial charge in [-0.05, 0) is 86.3 Å². The van der Waals surface area contributed by atoms with Crippen LogP contribution in [0.3, 0.4) is 0 Å². The van der Waals surface area contributed by atoms with Crippen molar-refractivity contribution in [3.8, 4) is 33.8 Å². The largest absolute Gasteiger partial charge is 0.358 e. The van der Waals surface area contributed by atoms with E-state index in [1.165, 1.54) is 18.9 Å². The van der Waals surface area contributed by atoms with E-state index in [0.717, 1.165) is 75.2 Å². The number of aromatic nitrogens is 5. The van der Waals surface area contributed by atoms with E-state index in [1.54, 1.807) is 18.3 Å². The molecule has 1 saturated heterocycles. The zero-order chi connectivity index (χ0) is 27.8. The average Bonchev–Trinajstić information content (AvgIpc) is 3.62. The van der Waals surface area contributed by atoms with E-state index in [1.807, 2.05) is 36.7 Å². The van der Waals surface area contributed by atoms with Crippen LogP contribution in [0.5, 0.6) is 0 Å². The van der Waals surface area contributed by atoms with Crippen LogP contribution in [0.1, 0.15) is 19.3 Å². The molecule has 41 heavy (non-hydrogen) atoms. The van der Waals surface area contributed by atoms with Crippen LogP contribution in [-0.4, -0.2) is 38.2 Å². The first-order valence-corrected chi connectivity index (χ1v) is 13.9. The van der Waals surface area contributed by atoms with Gasteiger partial charge in [-0.3, -0.25) is 15.1 Å². The molecule has 1 fully saturated rings. The third-order valence-electron chi connectivity index (χ3n) is 7.88. The molecule has 7 nitrogen and oxygen atoms in total. The minimum atomic E-state index is -0.301. The zero-order valence-corrected chi connectivity index (χ0v) is 22.5. The van der Waals surface area contributed by atoms with Crippen molar-refractivity contribution < 1.29 is 4.39 Å². The molecule has 4 aromatic heterocycles. The van der Waals surface area contributed by atoms with Gasteiger partial charge in [-0.15, -0.1) is 0 Å². The number of pyridine rings is 2. The Labute approximate surface area is 237 Å². The number of fused-ring (bicyclic) bond motifs is 2. The van der Waals surface area contributed by atoms with Gasteiger partial charge in [-0.2, -0.15) is 5.10 Å². The number of rotatable bonds is 7. The van der Waals surface area contributed by atoms with Crippen LogP contribution in [0, 0.1) is 11.7 Å². The first-order chi connectivity index (χ1) is 20.1. The van der Waals surface area contributed by atoms with E-state index in [4.69, 9.17) is 0 Å². The van der Waals surface area contributed by atoms with Gasteiger partial charge in [0.05, 0.1) is 28.8 Å². The van der Waals surface area contributed by atoms with Crippen molar-refractivity contribution in [2.24, 2.45) is 5.92 Å². The smallest absolute Gasteiger partial charge is 0.132 e. The number of H-pyrrole nitrogens is 2. The predicted molar refractivity (Wildman–Crippen MR) is 163 cm³/mol. The molecule has 0 aliphatic carbocycles. The molecule has 0 bridgehead atoms. The van der Waals surface area contributed by atoms with Crippen LogP contribution in [0.2, 0.25) is 0 Å². The van der Waals surface area contributed by atoms with Gasteiger partial charge in [0.1, 0.15) is 11.5 Å². The van der Waals surface area contributed by atoms with Crippen LogP contribution < -0.4 is 10.6 Å². The molecule has 0 unspecified atom stereocenters. The van der Waals surface area contributed by atoms with Crippen LogP contribution in [0.4, 0.5) is 10.1 Å². The highest BCUT2D eigenvalue weighted by Crippen LogP contribution is 2.35. The monoisotopic (exact) mass is 543 g/mol. The SMILES string of the molecule is C=C(CC1CCNCC1)Nc1cncc(-c2ccc3[nH]nc(-c4cc5c(-c6ccccc6F)nccc5[nH]4)c3c2)c1. The lowest BCUT2D eigenvalue weighted by molar-refractivity contribution is 0.373. The number of hydrogen-bond acceptors (Lipinski definition) is 5. The molecule has 1 aliphatic heterocycles. The van der Waals surface area contributed by atoms with Crippen LogP contribution >= 0.6 is 0 Å². The molecule has 204 valence electrons. The van der Waals surface area contributed by atoms with E-state index in [0.29, 0.717) is 17.2 Å². The standard InChI is InChI=1S/C33H30FN7/c1-20(14-21-8-11-35-12-9-21)38-24-15-23(18-36-19-24)22-6-7-30-26(16-22)33(41-40-30)31-17-27-29(39-31)10-13-37-32(27)25-4-2-3-5-28(25)34/h2-7,10,13,15-19,21,35,38-39H,1,8-9,11-12,14H2,(H,40,41). The maximum absolute atomic E-state index is 14.6. The maximum Gasteiger partial charge on any atom is 0.132 e. The number of halogens is 1. The van der Waals surface area contributed by atoms with Crippen LogP contribution in [0.25, 0.3) is 55.6 Å². The lowest BCUT2D eigenvalue weighted by Gasteiger charge is -2.23. The fourth-order valence-corrected chi connectivity index (χ4v) is 5.80. The van der Waals surface area contributed by atoms with Gasteiger partial charge in [0.2, 0.25) is 0 Å². The first-order valence-electron chi connectivity index (χ1n) is 13.9. The second-order valence-electron chi connectivity index (χ2n) is 10.7. The Bertz CT molecular complexity index is 1880. The van der Waals surface area contributed by atoms with Crippen LogP contribution in [-0.2, 0) is 0 Å². The maximum atomic E-state index is 14.6. The summed E-state index contributed by atoms with van der Waals surface area (Å²) in [6, 6.07) is 18.9. The van der Waals surface area contributed by atoms with Crippen molar-refractivity contribution in [3.63, 3.8) is 0 Å². The normalized spacial score (nSPS) is 14.1. The minimum absolute atomic E-state index is 0.301. The third kappa shape index (κ3) is 4.98. The number of hydrogen-bond donors (Lipinski definition) is 4. The van der Waals surface area contributed by atoms with Gasteiger partial charge < -0.3 is 15.6 Å². The summed E-state index contributed by atoms with van der Waals surface area (Å²) in [7, 11) is 0. The zero-order valence-electron chi connectivity index (χ0n) is 22.5. The fourth-order valence-electron chi connectivity index (χ4n) is 5.80. The second-order valence-corrected chi connectivity index (χ2v) is 10.7. The number of aromatic amines is 2. The van der Waals surface area contributed by atoms with Gasteiger partial charge in [0, 0.05) is 45.5 Å². The van der Waals surface area contributed by atoms with Crippen molar-refractivity contribution in [2.45, 2.75) is 19.3 Å². The van der Waals surface area contributed by atoms with Gasteiger partial charge in [0.15, 0.2) is 0 Å². The molecule has 1 aliphatic rings. The second kappa shape index (κ2) is 10.6. The molecular formula is C33H30FN7. The summed E-state index contributed by atoms with van der Waals surface area (Å²) in [5.74, 6) is 0.364. The number of allylic oxidation sites excluding steroid dienone is 1. The Kier molecular flexibility index (Phi) is 6.53. The van der Waals surface area contributed by atoms with Crippen molar-refractivity contribution in [1.82, 2.24) is 30.5 Å². The van der Waals surface area contributed by atoms with Crippen molar-refractivity contribution in [2.75, 3.05) is 18.4 Å². The first kappa shape index (κ1) is 25.2. The van der Waals surface area contributed by atoms with E-state index < -0.39 is 0 Å². The minimum Gasteiger partial charge on any atom is -0.358 e. The molecular weight excluding hydrogens is 513 g/mol. The van der Waals surface area contributed by atoms with E-state index in [-0.39, 0.29) is 5.82 Å². The highest BCUT2D eigenvalue weighted by atomic mass is 19.1. The van der Waals surface area contributed by atoms with Gasteiger partial charge in [0.25, 0.3) is 0 Å². The summed E-state index contributed by atoms with van der Waals surface area (Å²) in [4.78, 5) is 12.5. The Morgan fingerprint density at radius 3 is 2.66 bits per heavy atom. The number of benzene rings is 2. The predicted octanol–water partition coefficient (Wildman–Crippen LogP) is 7.29. The molecule has 7 rings (SSSR count). The number of nitrogens with one attached hydrogen (secondary N) is 4. The highest BCUT2D eigenvalue weighted by Gasteiger charge is 2.17.